The van der Waals surface area contributed by atoms with Gasteiger partial charge in [-0.1, -0.05) is 17.4 Å². The normalized spacial score (nSPS) is 12.3. The van der Waals surface area contributed by atoms with Crippen molar-refractivity contribution in [1.82, 2.24) is 0 Å². The van der Waals surface area contributed by atoms with Crippen molar-refractivity contribution in [3.63, 3.8) is 0 Å². The van der Waals surface area contributed by atoms with Gasteiger partial charge in [0.2, 0.25) is 0 Å². The maximum absolute atomic E-state index is 9.17. The van der Waals surface area contributed by atoms with Gasteiger partial charge in [-0.25, -0.2) is 0 Å². The lowest BCUT2D eigenvalue weighted by Gasteiger charge is -2.05. The van der Waals surface area contributed by atoms with Crippen LogP contribution in [-0.4, -0.2) is 16.6 Å². The highest BCUT2D eigenvalue weighted by molar-refractivity contribution is 6.19. The molecule has 0 aromatic rings. The van der Waals surface area contributed by atoms with Crippen LogP contribution in [0.1, 0.15) is 20.8 Å². The summed E-state index contributed by atoms with van der Waals surface area (Å²) in [5.41, 5.74) is 0.0896. The molecule has 1 nitrogen and oxygen atoms in total. The van der Waals surface area contributed by atoms with E-state index in [1.807, 2.05) is 6.92 Å². The Morgan fingerprint density at radius 1 is 1.64 bits per heavy atom. The van der Waals surface area contributed by atoms with Crippen molar-refractivity contribution < 1.29 is 5.11 Å². The van der Waals surface area contributed by atoms with Crippen LogP contribution in [0.5, 0.6) is 0 Å². The van der Waals surface area contributed by atoms with Gasteiger partial charge >= 0.3 is 0 Å². The summed E-state index contributed by atoms with van der Waals surface area (Å²) in [4.78, 5) is 0. The van der Waals surface area contributed by atoms with Crippen molar-refractivity contribution in [2.45, 2.75) is 26.4 Å². The number of hydrogen-bond donors (Lipinski definition) is 1. The summed E-state index contributed by atoms with van der Waals surface area (Å²) in [5.74, 6) is 5.87. The quantitative estimate of drug-likeness (QED) is 0.474. The lowest BCUT2D eigenvalue weighted by molar-refractivity contribution is 0.143. The highest BCUT2D eigenvalue weighted by Gasteiger charge is 2.04. The van der Waals surface area contributed by atoms with E-state index in [2.05, 4.69) is 11.8 Å². The Labute approximate surface area is 73.1 Å². The second kappa shape index (κ2) is 4.43. The average Bonchev–Trinajstić information content (AvgIpc) is 1.85. The molecule has 62 valence electrons. The van der Waals surface area contributed by atoms with Crippen LogP contribution in [0.15, 0.2) is 11.6 Å². The molecule has 1 N–H and O–H groups in total. The van der Waals surface area contributed by atoms with Crippen molar-refractivity contribution in [1.29, 1.82) is 0 Å². The maximum Gasteiger partial charge on any atom is 0.120 e. The molecular formula is C9H13ClO. The number of allylic oxidation sites excluding steroid dienone is 2. The van der Waals surface area contributed by atoms with Gasteiger partial charge in [-0.15, -0.1) is 11.6 Å². The van der Waals surface area contributed by atoms with Crippen molar-refractivity contribution in [2.24, 2.45) is 0 Å². The lowest BCUT2D eigenvalue weighted by atomic mass is 10.1. The van der Waals surface area contributed by atoms with Crippen molar-refractivity contribution in [3.05, 3.63) is 11.6 Å². The third-order valence-electron chi connectivity index (χ3n) is 0.907. The zero-order chi connectivity index (χ0) is 8.91. The third-order valence-corrected chi connectivity index (χ3v) is 1.33. The van der Waals surface area contributed by atoms with E-state index in [4.69, 9.17) is 16.7 Å². The molecule has 0 rings (SSSR count). The Morgan fingerprint density at radius 2 is 2.18 bits per heavy atom. The highest BCUT2D eigenvalue weighted by Crippen LogP contribution is 1.98. The van der Waals surface area contributed by atoms with E-state index in [1.54, 1.807) is 19.9 Å². The van der Waals surface area contributed by atoms with Gasteiger partial charge in [0.05, 0.1) is 0 Å². The molecule has 0 unspecified atom stereocenters. The van der Waals surface area contributed by atoms with Crippen LogP contribution in [0, 0.1) is 11.8 Å². The van der Waals surface area contributed by atoms with Crippen molar-refractivity contribution in [3.8, 4) is 11.8 Å². The van der Waals surface area contributed by atoms with E-state index >= 15 is 0 Å². The molecule has 11 heavy (non-hydrogen) atoms. The molecular weight excluding hydrogens is 160 g/mol. The van der Waals surface area contributed by atoms with Crippen LogP contribution in [0.2, 0.25) is 0 Å². The van der Waals surface area contributed by atoms with Crippen LogP contribution in [0.25, 0.3) is 0 Å². The second-order valence-corrected chi connectivity index (χ2v) is 3.22. The zero-order valence-electron chi connectivity index (χ0n) is 7.11. The van der Waals surface area contributed by atoms with Gasteiger partial charge in [-0.2, -0.15) is 0 Å². The van der Waals surface area contributed by atoms with Crippen LogP contribution < -0.4 is 0 Å². The fourth-order valence-corrected chi connectivity index (χ4v) is 0.452. The number of rotatable bonds is 1. The summed E-state index contributed by atoms with van der Waals surface area (Å²) in [6.45, 7) is 5.18. The lowest BCUT2D eigenvalue weighted by Crippen LogP contribution is -2.14. The van der Waals surface area contributed by atoms with Crippen LogP contribution in [-0.2, 0) is 0 Å². The average molecular weight is 173 g/mol. The molecule has 0 aromatic carbocycles. The molecule has 0 aliphatic carbocycles. The molecule has 0 bridgehead atoms. The zero-order valence-corrected chi connectivity index (χ0v) is 7.87. The van der Waals surface area contributed by atoms with Crippen LogP contribution in [0.4, 0.5) is 0 Å². The smallest absolute Gasteiger partial charge is 0.120 e. The van der Waals surface area contributed by atoms with Crippen LogP contribution in [0.3, 0.4) is 0 Å². The molecule has 0 aliphatic rings. The molecule has 0 saturated carbocycles. The Balaban J connectivity index is 4.11. The molecule has 0 radical (unpaired) electrons. The van der Waals surface area contributed by atoms with Gasteiger partial charge < -0.3 is 5.11 Å². The molecule has 0 amide bonds. The van der Waals surface area contributed by atoms with Crippen molar-refractivity contribution in [2.75, 3.05) is 5.88 Å². The van der Waals surface area contributed by atoms with E-state index in [-0.39, 0.29) is 0 Å². The SMILES string of the molecule is C/C(=C\C#CC(C)(C)O)CCl. The minimum absolute atomic E-state index is 0.487. The summed E-state index contributed by atoms with van der Waals surface area (Å²) >= 11 is 5.50. The van der Waals surface area contributed by atoms with Gasteiger partial charge in [-0.05, 0) is 26.8 Å². The minimum Gasteiger partial charge on any atom is -0.378 e. The predicted octanol–water partition coefficient (Wildman–Crippen LogP) is 1.95. The monoisotopic (exact) mass is 172 g/mol. The van der Waals surface area contributed by atoms with E-state index in [1.165, 1.54) is 0 Å². The fraction of sp³-hybridized carbons (Fsp3) is 0.556. The number of aliphatic hydroxyl groups is 1. The summed E-state index contributed by atoms with van der Waals surface area (Å²) in [7, 11) is 0. The molecule has 0 atom stereocenters. The standard InChI is InChI=1S/C9H13ClO/c1-8(7-10)5-4-6-9(2,3)11/h5,11H,7H2,1-3H3/b8-5+. The van der Waals surface area contributed by atoms with Gasteiger partial charge in [0.25, 0.3) is 0 Å². The molecule has 0 heterocycles. The van der Waals surface area contributed by atoms with E-state index in [0.29, 0.717) is 5.88 Å². The van der Waals surface area contributed by atoms with Gasteiger partial charge in [-0.3, -0.25) is 0 Å². The molecule has 0 fully saturated rings. The number of alkyl halides is 1. The second-order valence-electron chi connectivity index (χ2n) is 2.95. The Morgan fingerprint density at radius 3 is 2.55 bits per heavy atom. The van der Waals surface area contributed by atoms with Crippen LogP contribution >= 0.6 is 11.6 Å². The Bertz CT molecular complexity index is 200. The minimum atomic E-state index is -0.914. The van der Waals surface area contributed by atoms with Gasteiger partial charge in [0, 0.05) is 5.88 Å². The molecule has 0 spiro atoms. The fourth-order valence-electron chi connectivity index (χ4n) is 0.374. The Kier molecular flexibility index (Phi) is 4.25. The predicted molar refractivity (Wildman–Crippen MR) is 48.6 cm³/mol. The number of halogens is 1. The summed E-state index contributed by atoms with van der Waals surface area (Å²) < 4.78 is 0. The number of hydrogen-bond acceptors (Lipinski definition) is 1. The highest BCUT2D eigenvalue weighted by atomic mass is 35.5. The first-order chi connectivity index (χ1) is 4.95. The topological polar surface area (TPSA) is 20.2 Å². The third kappa shape index (κ3) is 7.45. The van der Waals surface area contributed by atoms with Gasteiger partial charge in [0.15, 0.2) is 0 Å². The summed E-state index contributed by atoms with van der Waals surface area (Å²) in [6.07, 6.45) is 1.71. The van der Waals surface area contributed by atoms with Gasteiger partial charge in [0.1, 0.15) is 5.60 Å². The maximum atomic E-state index is 9.17. The molecule has 0 saturated heterocycles. The summed E-state index contributed by atoms with van der Waals surface area (Å²) in [6, 6.07) is 0. The summed E-state index contributed by atoms with van der Waals surface area (Å²) in [5, 5.41) is 9.17. The van der Waals surface area contributed by atoms with E-state index < -0.39 is 5.60 Å². The molecule has 0 aromatic heterocycles. The van der Waals surface area contributed by atoms with Crippen molar-refractivity contribution >= 4 is 11.6 Å². The molecule has 0 aliphatic heterocycles. The van der Waals surface area contributed by atoms with E-state index in [9.17, 15) is 0 Å². The molecule has 2 heteroatoms. The first-order valence-electron chi connectivity index (χ1n) is 3.42. The van der Waals surface area contributed by atoms with E-state index in [0.717, 1.165) is 5.57 Å². The first-order valence-corrected chi connectivity index (χ1v) is 3.96. The largest absolute Gasteiger partial charge is 0.378 e. The Hall–Kier alpha value is -0.450. The first kappa shape index (κ1) is 10.6.